The van der Waals surface area contributed by atoms with E-state index < -0.39 is 5.82 Å². The molecule has 0 atom stereocenters. The Labute approximate surface area is 124 Å². The second-order valence-electron chi connectivity index (χ2n) is 6.02. The molecule has 2 aliphatic heterocycles. The largest absolute Gasteiger partial charge is 0.508 e. The van der Waals surface area contributed by atoms with Crippen LogP contribution in [-0.4, -0.2) is 46.5 Å². The molecule has 2 heterocycles. The summed E-state index contributed by atoms with van der Waals surface area (Å²) in [6.07, 6.45) is 3.64. The van der Waals surface area contributed by atoms with Crippen LogP contribution in [0.2, 0.25) is 0 Å². The summed E-state index contributed by atoms with van der Waals surface area (Å²) < 4.78 is 13.3. The van der Waals surface area contributed by atoms with Crippen LogP contribution in [0.1, 0.15) is 31.2 Å². The molecular formula is C16H21FN2O2. The molecule has 114 valence electrons. The van der Waals surface area contributed by atoms with Gasteiger partial charge in [-0.25, -0.2) is 4.39 Å². The van der Waals surface area contributed by atoms with Crippen molar-refractivity contribution in [1.82, 2.24) is 9.80 Å². The third-order valence-electron chi connectivity index (χ3n) is 4.46. The molecule has 3 rings (SSSR count). The number of halogens is 1. The third-order valence-corrected chi connectivity index (χ3v) is 4.46. The summed E-state index contributed by atoms with van der Waals surface area (Å²) in [6.45, 7) is 3.37. The predicted octanol–water partition coefficient (Wildman–Crippen LogP) is 2.12. The monoisotopic (exact) mass is 292 g/mol. The molecule has 2 saturated heterocycles. The van der Waals surface area contributed by atoms with Gasteiger partial charge in [-0.2, -0.15) is 0 Å². The zero-order chi connectivity index (χ0) is 14.8. The van der Waals surface area contributed by atoms with Crippen molar-refractivity contribution in [3.05, 3.63) is 29.6 Å². The second-order valence-corrected chi connectivity index (χ2v) is 6.02. The van der Waals surface area contributed by atoms with Crippen molar-refractivity contribution < 1.29 is 14.3 Å². The minimum absolute atomic E-state index is 0.0254. The summed E-state index contributed by atoms with van der Waals surface area (Å²) in [5.74, 6) is -0.131. The van der Waals surface area contributed by atoms with Gasteiger partial charge >= 0.3 is 0 Å². The van der Waals surface area contributed by atoms with Crippen LogP contribution in [0.4, 0.5) is 4.39 Å². The maximum atomic E-state index is 13.3. The van der Waals surface area contributed by atoms with Gasteiger partial charge in [-0.15, -0.1) is 0 Å². The molecule has 0 spiro atoms. The van der Waals surface area contributed by atoms with Gasteiger partial charge in [0.05, 0.1) is 0 Å². The van der Waals surface area contributed by atoms with Crippen LogP contribution in [-0.2, 0) is 11.3 Å². The zero-order valence-electron chi connectivity index (χ0n) is 12.1. The normalized spacial score (nSPS) is 21.2. The number of rotatable bonds is 3. The second kappa shape index (κ2) is 6.02. The molecule has 0 aliphatic carbocycles. The van der Waals surface area contributed by atoms with Crippen molar-refractivity contribution in [2.24, 2.45) is 0 Å². The number of phenols is 1. The van der Waals surface area contributed by atoms with Crippen LogP contribution in [0.15, 0.2) is 18.2 Å². The standard InChI is InChI=1S/C16H21FN2O2/c17-13-8-12(9-15(20)10-13)11-18-6-3-14(4-7-18)19-5-1-2-16(19)21/h8-10,14,20H,1-7,11H2. The van der Waals surface area contributed by atoms with Crippen LogP contribution in [0.25, 0.3) is 0 Å². The quantitative estimate of drug-likeness (QED) is 0.928. The Morgan fingerprint density at radius 2 is 1.95 bits per heavy atom. The predicted molar refractivity (Wildman–Crippen MR) is 77.3 cm³/mol. The Kier molecular flexibility index (Phi) is 4.10. The van der Waals surface area contributed by atoms with Gasteiger partial charge in [0, 0.05) is 44.7 Å². The first-order valence-corrected chi connectivity index (χ1v) is 7.62. The maximum Gasteiger partial charge on any atom is 0.222 e. The van der Waals surface area contributed by atoms with E-state index in [9.17, 15) is 14.3 Å². The lowest BCUT2D eigenvalue weighted by Gasteiger charge is -2.36. The molecule has 0 bridgehead atoms. The zero-order valence-corrected chi connectivity index (χ0v) is 12.1. The average Bonchev–Trinajstić information content (AvgIpc) is 2.85. The third kappa shape index (κ3) is 3.35. The first-order chi connectivity index (χ1) is 10.1. The lowest BCUT2D eigenvalue weighted by atomic mass is 10.0. The molecule has 1 aromatic rings. The summed E-state index contributed by atoms with van der Waals surface area (Å²) in [7, 11) is 0. The van der Waals surface area contributed by atoms with Crippen LogP contribution in [0.5, 0.6) is 5.75 Å². The van der Waals surface area contributed by atoms with Gasteiger partial charge in [-0.1, -0.05) is 0 Å². The van der Waals surface area contributed by atoms with E-state index in [-0.39, 0.29) is 5.75 Å². The highest BCUT2D eigenvalue weighted by molar-refractivity contribution is 5.78. The fraction of sp³-hybridized carbons (Fsp3) is 0.562. The molecule has 2 fully saturated rings. The number of carbonyl (C=O) groups excluding carboxylic acids is 1. The van der Waals surface area contributed by atoms with Crippen LogP contribution >= 0.6 is 0 Å². The number of hydrogen-bond acceptors (Lipinski definition) is 3. The summed E-state index contributed by atoms with van der Waals surface area (Å²) >= 11 is 0. The van der Waals surface area contributed by atoms with E-state index in [1.54, 1.807) is 6.07 Å². The minimum Gasteiger partial charge on any atom is -0.508 e. The van der Waals surface area contributed by atoms with Crippen molar-refractivity contribution >= 4 is 5.91 Å². The van der Waals surface area contributed by atoms with Gasteiger partial charge in [0.2, 0.25) is 5.91 Å². The van der Waals surface area contributed by atoms with Crippen molar-refractivity contribution in [3.8, 4) is 5.75 Å². The summed E-state index contributed by atoms with van der Waals surface area (Å²) in [5.41, 5.74) is 0.795. The molecule has 1 aromatic carbocycles. The molecular weight excluding hydrogens is 271 g/mol. The molecule has 4 nitrogen and oxygen atoms in total. The van der Waals surface area contributed by atoms with Gasteiger partial charge in [-0.3, -0.25) is 9.69 Å². The first-order valence-electron chi connectivity index (χ1n) is 7.62. The highest BCUT2D eigenvalue weighted by atomic mass is 19.1. The highest BCUT2D eigenvalue weighted by Gasteiger charge is 2.30. The van der Waals surface area contributed by atoms with Crippen molar-refractivity contribution in [2.75, 3.05) is 19.6 Å². The van der Waals surface area contributed by atoms with Crippen molar-refractivity contribution in [2.45, 2.75) is 38.3 Å². The number of likely N-dealkylation sites (tertiary alicyclic amines) is 2. The number of benzene rings is 1. The fourth-order valence-corrected chi connectivity index (χ4v) is 3.43. The number of aromatic hydroxyl groups is 1. The van der Waals surface area contributed by atoms with Crippen molar-refractivity contribution in [3.63, 3.8) is 0 Å². The average molecular weight is 292 g/mol. The minimum atomic E-state index is -0.400. The van der Waals surface area contributed by atoms with E-state index in [4.69, 9.17) is 0 Å². The highest BCUT2D eigenvalue weighted by Crippen LogP contribution is 2.24. The molecule has 0 unspecified atom stereocenters. The van der Waals surface area contributed by atoms with E-state index in [0.717, 1.165) is 50.5 Å². The van der Waals surface area contributed by atoms with E-state index in [1.165, 1.54) is 6.07 Å². The Morgan fingerprint density at radius 1 is 1.19 bits per heavy atom. The number of phenolic OH excluding ortho intramolecular Hbond substituents is 1. The summed E-state index contributed by atoms with van der Waals surface area (Å²) in [5, 5.41) is 9.44. The van der Waals surface area contributed by atoms with E-state index >= 15 is 0 Å². The molecule has 0 aromatic heterocycles. The first kappa shape index (κ1) is 14.3. The number of hydrogen-bond donors (Lipinski definition) is 1. The van der Waals surface area contributed by atoms with Gasteiger partial charge in [0.15, 0.2) is 0 Å². The molecule has 2 aliphatic rings. The van der Waals surface area contributed by atoms with E-state index in [0.29, 0.717) is 24.9 Å². The Bertz CT molecular complexity index is 507. The van der Waals surface area contributed by atoms with Gasteiger partial charge in [0.1, 0.15) is 11.6 Å². The SMILES string of the molecule is O=C1CCCN1C1CCN(Cc2cc(O)cc(F)c2)CC1. The van der Waals surface area contributed by atoms with Crippen LogP contribution in [0.3, 0.4) is 0 Å². The van der Waals surface area contributed by atoms with Crippen LogP contribution < -0.4 is 0 Å². The Morgan fingerprint density at radius 3 is 2.57 bits per heavy atom. The molecule has 1 amide bonds. The topological polar surface area (TPSA) is 43.8 Å². The summed E-state index contributed by atoms with van der Waals surface area (Å²) in [4.78, 5) is 16.1. The van der Waals surface area contributed by atoms with Gasteiger partial charge in [0.25, 0.3) is 0 Å². The Balaban J connectivity index is 1.55. The number of piperidine rings is 1. The van der Waals surface area contributed by atoms with Gasteiger partial charge < -0.3 is 10.0 Å². The lowest BCUT2D eigenvalue weighted by molar-refractivity contribution is -0.130. The molecule has 21 heavy (non-hydrogen) atoms. The fourth-order valence-electron chi connectivity index (χ4n) is 3.43. The van der Waals surface area contributed by atoms with Gasteiger partial charge in [-0.05, 0) is 37.0 Å². The van der Waals surface area contributed by atoms with Crippen LogP contribution in [0, 0.1) is 5.82 Å². The smallest absolute Gasteiger partial charge is 0.222 e. The van der Waals surface area contributed by atoms with E-state index in [2.05, 4.69) is 4.90 Å². The Hall–Kier alpha value is -1.62. The maximum absolute atomic E-state index is 13.3. The number of amides is 1. The number of nitrogens with zero attached hydrogens (tertiary/aromatic N) is 2. The molecule has 1 N–H and O–H groups in total. The molecule has 0 saturated carbocycles. The summed E-state index contributed by atoms with van der Waals surface area (Å²) in [6, 6.07) is 4.57. The lowest BCUT2D eigenvalue weighted by Crippen LogP contribution is -2.45. The number of carbonyl (C=O) groups is 1. The van der Waals surface area contributed by atoms with Crippen molar-refractivity contribution in [1.29, 1.82) is 0 Å². The molecule has 0 radical (unpaired) electrons. The van der Waals surface area contributed by atoms with E-state index in [1.807, 2.05) is 4.90 Å². The molecule has 5 heteroatoms.